The van der Waals surface area contributed by atoms with Gasteiger partial charge in [-0.25, -0.2) is 4.98 Å². The molecule has 0 unspecified atom stereocenters. The van der Waals surface area contributed by atoms with E-state index in [-0.39, 0.29) is 5.91 Å². The first-order chi connectivity index (χ1) is 13.5. The molecule has 3 rings (SSSR count). The normalized spacial score (nSPS) is 11.7. The molecule has 1 aromatic heterocycles. The molecule has 1 atom stereocenters. The Morgan fingerprint density at radius 3 is 2.61 bits per heavy atom. The van der Waals surface area contributed by atoms with E-state index in [0.717, 1.165) is 11.3 Å². The molecule has 1 amide bonds. The topological polar surface area (TPSA) is 89.1 Å². The summed E-state index contributed by atoms with van der Waals surface area (Å²) in [5, 5.41) is 10.5. The van der Waals surface area contributed by atoms with Gasteiger partial charge in [-0.1, -0.05) is 23.4 Å². The van der Waals surface area contributed by atoms with Crippen LogP contribution in [0.4, 0.5) is 5.69 Å². The van der Waals surface area contributed by atoms with Crippen LogP contribution < -0.4 is 14.8 Å². The maximum absolute atomic E-state index is 12.5. The van der Waals surface area contributed by atoms with Crippen LogP contribution >= 0.6 is 23.4 Å². The molecule has 3 aromatic rings. The number of hydrogen-bond donors (Lipinski definition) is 2. The number of anilines is 1. The predicted molar refractivity (Wildman–Crippen MR) is 110 cm³/mol. The third-order valence-corrected chi connectivity index (χ3v) is 5.10. The van der Waals surface area contributed by atoms with Crippen molar-refractivity contribution >= 4 is 35.0 Å². The number of rotatable bonds is 7. The smallest absolute Gasteiger partial charge is 0.237 e. The largest absolute Gasteiger partial charge is 0.497 e. The number of methoxy groups -OCH3 is 2. The monoisotopic (exact) mass is 418 g/mol. The lowest BCUT2D eigenvalue weighted by Crippen LogP contribution is -2.22. The van der Waals surface area contributed by atoms with E-state index in [1.54, 1.807) is 32.2 Å². The van der Waals surface area contributed by atoms with Gasteiger partial charge in [-0.3, -0.25) is 9.89 Å². The van der Waals surface area contributed by atoms with Gasteiger partial charge in [-0.15, -0.1) is 5.10 Å². The highest BCUT2D eigenvalue weighted by molar-refractivity contribution is 8.00. The van der Waals surface area contributed by atoms with Crippen molar-refractivity contribution in [1.29, 1.82) is 0 Å². The van der Waals surface area contributed by atoms with Crippen LogP contribution in [-0.2, 0) is 4.79 Å². The summed E-state index contributed by atoms with van der Waals surface area (Å²) in [6, 6.07) is 12.5. The van der Waals surface area contributed by atoms with E-state index < -0.39 is 5.25 Å². The van der Waals surface area contributed by atoms with Crippen molar-refractivity contribution in [1.82, 2.24) is 15.2 Å². The van der Waals surface area contributed by atoms with Crippen LogP contribution in [0.25, 0.3) is 11.4 Å². The van der Waals surface area contributed by atoms with E-state index in [9.17, 15) is 4.79 Å². The third kappa shape index (κ3) is 4.76. The van der Waals surface area contributed by atoms with Crippen molar-refractivity contribution in [3.05, 3.63) is 47.5 Å². The predicted octanol–water partition coefficient (Wildman–Crippen LogP) is 4.26. The number of benzene rings is 2. The van der Waals surface area contributed by atoms with Gasteiger partial charge in [0.1, 0.15) is 11.5 Å². The summed E-state index contributed by atoms with van der Waals surface area (Å²) >= 11 is 7.25. The van der Waals surface area contributed by atoms with E-state index in [0.29, 0.717) is 27.4 Å². The van der Waals surface area contributed by atoms with Crippen molar-refractivity contribution in [3.63, 3.8) is 0 Å². The Morgan fingerprint density at radius 2 is 1.93 bits per heavy atom. The molecule has 146 valence electrons. The highest BCUT2D eigenvalue weighted by atomic mass is 35.5. The zero-order chi connectivity index (χ0) is 20.1. The van der Waals surface area contributed by atoms with Crippen LogP contribution in [-0.4, -0.2) is 40.6 Å². The van der Waals surface area contributed by atoms with Crippen molar-refractivity contribution in [3.8, 4) is 22.9 Å². The molecule has 0 radical (unpaired) electrons. The van der Waals surface area contributed by atoms with Crippen LogP contribution in [0.2, 0.25) is 5.02 Å². The molecule has 0 aliphatic heterocycles. The number of carbonyl (C=O) groups is 1. The SMILES string of the molecule is COc1ccc(-c2nc(S[C@H](C)C(=O)Nc3cc(Cl)ccc3OC)n[nH]2)cc1. The lowest BCUT2D eigenvalue weighted by atomic mass is 10.2. The van der Waals surface area contributed by atoms with Crippen LogP contribution in [0.5, 0.6) is 11.5 Å². The molecular formula is C19H19ClN4O3S. The van der Waals surface area contributed by atoms with Crippen LogP contribution in [0.1, 0.15) is 6.92 Å². The number of nitrogens with one attached hydrogen (secondary N) is 2. The number of aromatic amines is 1. The van der Waals surface area contributed by atoms with E-state index in [4.69, 9.17) is 21.1 Å². The van der Waals surface area contributed by atoms with Crippen molar-refractivity contribution in [2.45, 2.75) is 17.3 Å². The van der Waals surface area contributed by atoms with Gasteiger partial charge in [0.05, 0.1) is 25.2 Å². The molecular weight excluding hydrogens is 400 g/mol. The molecule has 1 heterocycles. The van der Waals surface area contributed by atoms with Crippen LogP contribution in [0.15, 0.2) is 47.6 Å². The Hall–Kier alpha value is -2.71. The van der Waals surface area contributed by atoms with Gasteiger partial charge in [0.2, 0.25) is 11.1 Å². The van der Waals surface area contributed by atoms with Crippen LogP contribution in [0.3, 0.4) is 0 Å². The number of halogens is 1. The maximum atomic E-state index is 12.5. The van der Waals surface area contributed by atoms with Gasteiger partial charge < -0.3 is 14.8 Å². The first kappa shape index (κ1) is 20.0. The number of nitrogens with zero attached hydrogens (tertiary/aromatic N) is 2. The second-order valence-electron chi connectivity index (χ2n) is 5.79. The Labute approximate surface area is 171 Å². The number of H-pyrrole nitrogens is 1. The summed E-state index contributed by atoms with van der Waals surface area (Å²) in [5.41, 5.74) is 1.39. The van der Waals surface area contributed by atoms with Crippen molar-refractivity contribution in [2.24, 2.45) is 0 Å². The van der Waals surface area contributed by atoms with E-state index >= 15 is 0 Å². The molecule has 0 aliphatic carbocycles. The first-order valence-corrected chi connectivity index (χ1v) is 9.64. The Kier molecular flexibility index (Phi) is 6.43. The molecule has 0 saturated heterocycles. The van der Waals surface area contributed by atoms with Gasteiger partial charge in [0, 0.05) is 10.6 Å². The summed E-state index contributed by atoms with van der Waals surface area (Å²) < 4.78 is 10.4. The van der Waals surface area contributed by atoms with Gasteiger partial charge >= 0.3 is 0 Å². The van der Waals surface area contributed by atoms with E-state index in [2.05, 4.69) is 20.5 Å². The fourth-order valence-electron chi connectivity index (χ4n) is 2.40. The fraction of sp³-hybridized carbons (Fsp3) is 0.211. The highest BCUT2D eigenvalue weighted by Crippen LogP contribution is 2.29. The van der Waals surface area contributed by atoms with E-state index in [1.807, 2.05) is 24.3 Å². The van der Waals surface area contributed by atoms with Crippen molar-refractivity contribution < 1.29 is 14.3 Å². The molecule has 0 saturated carbocycles. The standard InChI is InChI=1S/C19H19ClN4O3S/c1-11(18(25)21-15-10-13(20)6-9-16(15)27-3)28-19-22-17(23-24-19)12-4-7-14(26-2)8-5-12/h4-11H,1-3H3,(H,21,25)(H,22,23,24)/t11-/m1/s1. The lowest BCUT2D eigenvalue weighted by molar-refractivity contribution is -0.115. The molecule has 0 spiro atoms. The Morgan fingerprint density at radius 1 is 1.18 bits per heavy atom. The van der Waals surface area contributed by atoms with Crippen LogP contribution in [0, 0.1) is 0 Å². The summed E-state index contributed by atoms with van der Waals surface area (Å²) in [7, 11) is 3.15. The number of carbonyl (C=O) groups excluding carboxylic acids is 1. The number of thioether (sulfide) groups is 1. The second-order valence-corrected chi connectivity index (χ2v) is 7.53. The fourth-order valence-corrected chi connectivity index (χ4v) is 3.30. The van der Waals surface area contributed by atoms with Gasteiger partial charge in [-0.2, -0.15) is 0 Å². The molecule has 0 aliphatic rings. The Balaban J connectivity index is 1.66. The molecule has 0 fully saturated rings. The van der Waals surface area contributed by atoms with Gasteiger partial charge in [-0.05, 0) is 49.4 Å². The molecule has 2 N–H and O–H groups in total. The minimum atomic E-state index is -0.428. The lowest BCUT2D eigenvalue weighted by Gasteiger charge is -2.13. The number of ether oxygens (including phenoxy) is 2. The van der Waals surface area contributed by atoms with Crippen molar-refractivity contribution in [2.75, 3.05) is 19.5 Å². The van der Waals surface area contributed by atoms with Gasteiger partial charge in [0.15, 0.2) is 5.82 Å². The molecule has 28 heavy (non-hydrogen) atoms. The average molecular weight is 419 g/mol. The number of hydrogen-bond acceptors (Lipinski definition) is 6. The summed E-state index contributed by atoms with van der Waals surface area (Å²) in [6.07, 6.45) is 0. The molecule has 9 heteroatoms. The second kappa shape index (κ2) is 8.99. The maximum Gasteiger partial charge on any atom is 0.237 e. The molecule has 2 aromatic carbocycles. The Bertz CT molecular complexity index is 962. The number of amides is 1. The zero-order valence-electron chi connectivity index (χ0n) is 15.5. The third-order valence-electron chi connectivity index (χ3n) is 3.90. The minimum Gasteiger partial charge on any atom is -0.497 e. The quantitative estimate of drug-likeness (QED) is 0.557. The highest BCUT2D eigenvalue weighted by Gasteiger charge is 2.19. The summed E-state index contributed by atoms with van der Waals surface area (Å²) in [5.74, 6) is 1.71. The first-order valence-electron chi connectivity index (χ1n) is 8.38. The zero-order valence-corrected chi connectivity index (χ0v) is 17.1. The van der Waals surface area contributed by atoms with Gasteiger partial charge in [0.25, 0.3) is 0 Å². The number of aromatic nitrogens is 3. The molecule has 0 bridgehead atoms. The summed E-state index contributed by atoms with van der Waals surface area (Å²) in [6.45, 7) is 1.78. The minimum absolute atomic E-state index is 0.207. The summed E-state index contributed by atoms with van der Waals surface area (Å²) in [4.78, 5) is 17.0. The molecule has 7 nitrogen and oxygen atoms in total. The van der Waals surface area contributed by atoms with E-state index in [1.165, 1.54) is 18.9 Å². The average Bonchev–Trinajstić information content (AvgIpc) is 3.16.